The number of likely N-dealkylation sites (tertiary alicyclic amines) is 1. The van der Waals surface area contributed by atoms with E-state index in [0.29, 0.717) is 36.4 Å². The molecule has 0 spiro atoms. The van der Waals surface area contributed by atoms with Gasteiger partial charge in [0.25, 0.3) is 5.91 Å². The molecule has 1 atom stereocenters. The highest BCUT2D eigenvalue weighted by Crippen LogP contribution is 2.30. The number of carboxylic acids is 1. The second kappa shape index (κ2) is 7.35. The molecule has 23 heavy (non-hydrogen) atoms. The van der Waals surface area contributed by atoms with Crippen LogP contribution in [-0.2, 0) is 4.79 Å². The van der Waals surface area contributed by atoms with Crippen molar-refractivity contribution in [1.82, 2.24) is 4.90 Å². The third-order valence-electron chi connectivity index (χ3n) is 3.83. The number of carbonyl (C=O) groups is 2. The maximum atomic E-state index is 12.6. The molecule has 1 heterocycles. The lowest BCUT2D eigenvalue weighted by Gasteiger charge is -2.30. The molecule has 0 bridgehead atoms. The number of rotatable bonds is 5. The Kier molecular flexibility index (Phi) is 5.47. The van der Waals surface area contributed by atoms with Crippen molar-refractivity contribution in [3.05, 3.63) is 23.8 Å². The molecule has 6 nitrogen and oxygen atoms in total. The van der Waals surface area contributed by atoms with Gasteiger partial charge in [-0.15, -0.1) is 0 Å². The molecule has 0 unspecified atom stereocenters. The van der Waals surface area contributed by atoms with Gasteiger partial charge in [-0.3, -0.25) is 9.59 Å². The molecule has 126 valence electrons. The molecular weight excluding hydrogens is 298 g/mol. The zero-order valence-electron chi connectivity index (χ0n) is 13.7. The summed E-state index contributed by atoms with van der Waals surface area (Å²) >= 11 is 0. The fourth-order valence-electron chi connectivity index (χ4n) is 2.70. The zero-order chi connectivity index (χ0) is 17.0. The topological polar surface area (TPSA) is 76.1 Å². The van der Waals surface area contributed by atoms with Crippen LogP contribution in [0.2, 0.25) is 0 Å². The second-order valence-electron chi connectivity index (χ2n) is 5.96. The van der Waals surface area contributed by atoms with Crippen LogP contribution in [0.4, 0.5) is 0 Å². The summed E-state index contributed by atoms with van der Waals surface area (Å²) in [5.41, 5.74) is 0.476. The molecule has 1 aromatic rings. The maximum absolute atomic E-state index is 12.6. The third kappa shape index (κ3) is 4.15. The van der Waals surface area contributed by atoms with E-state index in [1.165, 1.54) is 7.11 Å². The quantitative estimate of drug-likeness (QED) is 0.901. The van der Waals surface area contributed by atoms with Crippen LogP contribution in [0.5, 0.6) is 11.5 Å². The van der Waals surface area contributed by atoms with Gasteiger partial charge < -0.3 is 19.5 Å². The van der Waals surface area contributed by atoms with Crippen molar-refractivity contribution in [3.63, 3.8) is 0 Å². The molecule has 1 aliphatic rings. The summed E-state index contributed by atoms with van der Waals surface area (Å²) in [4.78, 5) is 25.3. The highest BCUT2D eigenvalue weighted by Gasteiger charge is 2.29. The van der Waals surface area contributed by atoms with E-state index in [0.717, 1.165) is 0 Å². The van der Waals surface area contributed by atoms with Gasteiger partial charge in [-0.05, 0) is 44.9 Å². The molecule has 0 saturated carbocycles. The van der Waals surface area contributed by atoms with Gasteiger partial charge in [0.05, 0.1) is 19.1 Å². The normalized spacial score (nSPS) is 17.9. The Labute approximate surface area is 136 Å². The van der Waals surface area contributed by atoms with Crippen molar-refractivity contribution < 1.29 is 24.2 Å². The monoisotopic (exact) mass is 321 g/mol. The van der Waals surface area contributed by atoms with E-state index in [1.54, 1.807) is 23.1 Å². The summed E-state index contributed by atoms with van der Waals surface area (Å²) in [5, 5.41) is 9.14. The third-order valence-corrected chi connectivity index (χ3v) is 3.83. The Morgan fingerprint density at radius 2 is 2.04 bits per heavy atom. The standard InChI is InChI=1S/C17H23NO5/c1-11(2)23-14-7-6-12(9-15(14)22-3)16(19)18-8-4-5-13(10-18)17(20)21/h6-7,9,11,13H,4-5,8,10H2,1-3H3,(H,20,21)/t13-/m0/s1. The SMILES string of the molecule is COc1cc(C(=O)N2CCC[C@H](C(=O)O)C2)ccc1OC(C)C. The number of benzene rings is 1. The number of hydrogen-bond acceptors (Lipinski definition) is 4. The van der Waals surface area contributed by atoms with Crippen LogP contribution in [0.3, 0.4) is 0 Å². The highest BCUT2D eigenvalue weighted by molar-refractivity contribution is 5.95. The smallest absolute Gasteiger partial charge is 0.308 e. The molecule has 0 aromatic heterocycles. The summed E-state index contributed by atoms with van der Waals surface area (Å²) in [5.74, 6) is -0.429. The summed E-state index contributed by atoms with van der Waals surface area (Å²) in [6.45, 7) is 4.66. The number of nitrogens with zero attached hydrogens (tertiary/aromatic N) is 1. The maximum Gasteiger partial charge on any atom is 0.308 e. The number of amides is 1. The fraction of sp³-hybridized carbons (Fsp3) is 0.529. The van der Waals surface area contributed by atoms with Crippen LogP contribution in [0, 0.1) is 5.92 Å². The van der Waals surface area contributed by atoms with Gasteiger partial charge in [0.15, 0.2) is 11.5 Å². The van der Waals surface area contributed by atoms with E-state index in [2.05, 4.69) is 0 Å². The van der Waals surface area contributed by atoms with Gasteiger partial charge in [0.1, 0.15) is 0 Å². The predicted octanol–water partition coefficient (Wildman–Crippen LogP) is 2.42. The molecular formula is C17H23NO5. The van der Waals surface area contributed by atoms with Crippen LogP contribution in [-0.4, -0.2) is 48.2 Å². The molecule has 0 aliphatic carbocycles. The summed E-state index contributed by atoms with van der Waals surface area (Å²) in [7, 11) is 1.53. The van der Waals surface area contributed by atoms with Crippen LogP contribution in [0.25, 0.3) is 0 Å². The second-order valence-corrected chi connectivity index (χ2v) is 5.96. The number of carbonyl (C=O) groups excluding carboxylic acids is 1. The first kappa shape index (κ1) is 17.1. The molecule has 0 radical (unpaired) electrons. The Balaban J connectivity index is 2.17. The minimum absolute atomic E-state index is 0.00358. The average Bonchev–Trinajstić information content (AvgIpc) is 2.54. The summed E-state index contributed by atoms with van der Waals surface area (Å²) < 4.78 is 10.9. The van der Waals surface area contributed by atoms with Gasteiger partial charge in [-0.25, -0.2) is 0 Å². The van der Waals surface area contributed by atoms with Crippen molar-refractivity contribution in [2.45, 2.75) is 32.8 Å². The van der Waals surface area contributed by atoms with Crippen LogP contribution in [0.15, 0.2) is 18.2 Å². The van der Waals surface area contributed by atoms with Gasteiger partial charge in [0.2, 0.25) is 0 Å². The van der Waals surface area contributed by atoms with Crippen LogP contribution >= 0.6 is 0 Å². The lowest BCUT2D eigenvalue weighted by Crippen LogP contribution is -2.42. The van der Waals surface area contributed by atoms with Crippen molar-refractivity contribution >= 4 is 11.9 Å². The first-order valence-corrected chi connectivity index (χ1v) is 7.79. The lowest BCUT2D eigenvalue weighted by atomic mass is 9.97. The molecule has 6 heteroatoms. The van der Waals surface area contributed by atoms with E-state index in [4.69, 9.17) is 14.6 Å². The van der Waals surface area contributed by atoms with Crippen LogP contribution < -0.4 is 9.47 Å². The van der Waals surface area contributed by atoms with Crippen molar-refractivity contribution in [3.8, 4) is 11.5 Å². The minimum atomic E-state index is -0.847. The largest absolute Gasteiger partial charge is 0.493 e. The highest BCUT2D eigenvalue weighted by atomic mass is 16.5. The van der Waals surface area contributed by atoms with Gasteiger partial charge in [-0.1, -0.05) is 0 Å². The molecule has 1 aliphatic heterocycles. The molecule has 1 fully saturated rings. The lowest BCUT2D eigenvalue weighted by molar-refractivity contribution is -0.143. The zero-order valence-corrected chi connectivity index (χ0v) is 13.7. The Bertz CT molecular complexity index is 584. The molecule has 2 rings (SSSR count). The number of aliphatic carboxylic acids is 1. The fourth-order valence-corrected chi connectivity index (χ4v) is 2.70. The Hall–Kier alpha value is -2.24. The molecule has 1 aromatic carbocycles. The number of carboxylic acid groups (broad SMARTS) is 1. The number of methoxy groups -OCH3 is 1. The Morgan fingerprint density at radius 3 is 2.65 bits per heavy atom. The molecule has 1 amide bonds. The van der Waals surface area contributed by atoms with E-state index < -0.39 is 11.9 Å². The van der Waals surface area contributed by atoms with E-state index >= 15 is 0 Å². The first-order valence-electron chi connectivity index (χ1n) is 7.79. The van der Waals surface area contributed by atoms with E-state index in [9.17, 15) is 9.59 Å². The number of piperidine rings is 1. The predicted molar refractivity (Wildman–Crippen MR) is 85.0 cm³/mol. The van der Waals surface area contributed by atoms with Crippen molar-refractivity contribution in [2.24, 2.45) is 5.92 Å². The van der Waals surface area contributed by atoms with E-state index in [-0.39, 0.29) is 18.6 Å². The van der Waals surface area contributed by atoms with E-state index in [1.807, 2.05) is 13.8 Å². The molecule has 1 saturated heterocycles. The van der Waals surface area contributed by atoms with Gasteiger partial charge >= 0.3 is 5.97 Å². The average molecular weight is 321 g/mol. The Morgan fingerprint density at radius 1 is 1.30 bits per heavy atom. The van der Waals surface area contributed by atoms with Crippen LogP contribution in [0.1, 0.15) is 37.0 Å². The first-order chi connectivity index (χ1) is 10.9. The van der Waals surface area contributed by atoms with Crippen molar-refractivity contribution in [1.29, 1.82) is 0 Å². The summed E-state index contributed by atoms with van der Waals surface area (Å²) in [6.07, 6.45) is 1.32. The van der Waals surface area contributed by atoms with Crippen molar-refractivity contribution in [2.75, 3.05) is 20.2 Å². The minimum Gasteiger partial charge on any atom is -0.493 e. The number of ether oxygens (including phenoxy) is 2. The molecule has 1 N–H and O–H groups in total. The van der Waals surface area contributed by atoms with Gasteiger partial charge in [-0.2, -0.15) is 0 Å². The summed E-state index contributed by atoms with van der Waals surface area (Å²) in [6, 6.07) is 5.04. The van der Waals surface area contributed by atoms with Gasteiger partial charge in [0, 0.05) is 18.7 Å². The number of hydrogen-bond donors (Lipinski definition) is 1.